The molecule has 0 saturated carbocycles. The maximum atomic E-state index is 3.61. The minimum absolute atomic E-state index is 1.18. The van der Waals surface area contributed by atoms with Gasteiger partial charge in [-0.25, -0.2) is 0 Å². The first-order valence-corrected chi connectivity index (χ1v) is 4.96. The molecule has 0 heterocycles. The fourth-order valence-corrected chi connectivity index (χ4v) is 1.53. The van der Waals surface area contributed by atoms with Gasteiger partial charge in [-0.05, 0) is 28.7 Å². The Bertz CT molecular complexity index is 69.0. The van der Waals surface area contributed by atoms with Crippen LogP contribution in [0.3, 0.4) is 0 Å². The van der Waals surface area contributed by atoms with Gasteiger partial charge < -0.3 is 0 Å². The SMILES string of the molecule is C=CSCCCSC=C. The Hall–Kier alpha value is 0.180. The lowest BCUT2D eigenvalue weighted by atomic mass is 10.6. The zero-order valence-electron chi connectivity index (χ0n) is 5.51. The van der Waals surface area contributed by atoms with E-state index >= 15 is 0 Å². The van der Waals surface area contributed by atoms with Crippen molar-refractivity contribution < 1.29 is 0 Å². The van der Waals surface area contributed by atoms with Crippen LogP contribution < -0.4 is 0 Å². The number of hydrogen-bond donors (Lipinski definition) is 0. The molecule has 0 aromatic carbocycles. The predicted octanol–water partition coefficient (Wildman–Crippen LogP) is 3.13. The largest absolute Gasteiger partial charge is 0.135 e. The van der Waals surface area contributed by atoms with Crippen molar-refractivity contribution in [3.63, 3.8) is 0 Å². The van der Waals surface area contributed by atoms with Crippen LogP contribution in [0.15, 0.2) is 24.0 Å². The van der Waals surface area contributed by atoms with Crippen LogP contribution in [0.2, 0.25) is 0 Å². The van der Waals surface area contributed by atoms with Crippen LogP contribution in [0.1, 0.15) is 6.42 Å². The molecule has 0 radical (unpaired) electrons. The molecular formula is C7H12S2. The number of rotatable bonds is 6. The van der Waals surface area contributed by atoms with E-state index in [4.69, 9.17) is 0 Å². The van der Waals surface area contributed by atoms with Crippen molar-refractivity contribution in [2.45, 2.75) is 6.42 Å². The average molecular weight is 160 g/mol. The minimum atomic E-state index is 1.18. The summed E-state index contributed by atoms with van der Waals surface area (Å²) in [6.45, 7) is 7.23. The summed E-state index contributed by atoms with van der Waals surface area (Å²) in [6.07, 6.45) is 1.24. The molecule has 0 aromatic heterocycles. The van der Waals surface area contributed by atoms with E-state index in [0.29, 0.717) is 0 Å². The zero-order valence-corrected chi connectivity index (χ0v) is 7.14. The van der Waals surface area contributed by atoms with Crippen LogP contribution in [-0.2, 0) is 0 Å². The summed E-state index contributed by atoms with van der Waals surface area (Å²) in [5, 5.41) is 3.77. The van der Waals surface area contributed by atoms with Crippen LogP contribution in [0.4, 0.5) is 0 Å². The second-order valence-electron chi connectivity index (χ2n) is 1.43. The van der Waals surface area contributed by atoms with Gasteiger partial charge in [-0.15, -0.1) is 23.5 Å². The van der Waals surface area contributed by atoms with Gasteiger partial charge in [0.05, 0.1) is 0 Å². The Kier molecular flexibility index (Phi) is 8.34. The number of thioether (sulfide) groups is 2. The normalized spacial score (nSPS) is 8.89. The molecule has 0 unspecified atom stereocenters. The Morgan fingerprint density at radius 1 is 1.00 bits per heavy atom. The Balaban J connectivity index is 2.74. The van der Waals surface area contributed by atoms with Gasteiger partial charge >= 0.3 is 0 Å². The summed E-state index contributed by atoms with van der Waals surface area (Å²) in [5.41, 5.74) is 0. The van der Waals surface area contributed by atoms with Crippen molar-refractivity contribution in [1.29, 1.82) is 0 Å². The molecule has 0 amide bonds. The van der Waals surface area contributed by atoms with E-state index < -0.39 is 0 Å². The standard InChI is InChI=1S/C7H12S2/c1-3-8-6-5-7-9-4-2/h3-4H,1-2,5-7H2. The fourth-order valence-electron chi connectivity index (χ4n) is 0.392. The molecule has 52 valence electrons. The molecule has 0 nitrogen and oxygen atoms in total. The monoisotopic (exact) mass is 160 g/mol. The third-order valence-corrected chi connectivity index (χ3v) is 2.28. The average Bonchev–Trinajstić information content (AvgIpc) is 1.89. The third kappa shape index (κ3) is 8.18. The molecule has 0 aliphatic heterocycles. The molecule has 0 fully saturated rings. The quantitative estimate of drug-likeness (QED) is 0.547. The smallest absolute Gasteiger partial charge is 0.00182 e. The van der Waals surface area contributed by atoms with E-state index in [9.17, 15) is 0 Å². The highest BCUT2D eigenvalue weighted by molar-refractivity contribution is 8.02. The van der Waals surface area contributed by atoms with Crippen LogP contribution in [0.5, 0.6) is 0 Å². The predicted molar refractivity (Wildman–Crippen MR) is 49.9 cm³/mol. The number of hydrogen-bond acceptors (Lipinski definition) is 2. The first-order chi connectivity index (χ1) is 4.41. The minimum Gasteiger partial charge on any atom is -0.135 e. The van der Waals surface area contributed by atoms with Crippen molar-refractivity contribution in [1.82, 2.24) is 0 Å². The first kappa shape index (κ1) is 9.18. The second-order valence-corrected chi connectivity index (χ2v) is 3.58. The topological polar surface area (TPSA) is 0 Å². The Morgan fingerprint density at radius 2 is 1.44 bits per heavy atom. The molecule has 0 spiro atoms. The van der Waals surface area contributed by atoms with Crippen molar-refractivity contribution in [3.8, 4) is 0 Å². The van der Waals surface area contributed by atoms with Gasteiger partial charge in [-0.1, -0.05) is 13.2 Å². The molecule has 0 atom stereocenters. The van der Waals surface area contributed by atoms with Gasteiger partial charge in [0.15, 0.2) is 0 Å². The Morgan fingerprint density at radius 3 is 1.78 bits per heavy atom. The summed E-state index contributed by atoms with van der Waals surface area (Å²) in [7, 11) is 0. The van der Waals surface area contributed by atoms with E-state index in [1.807, 2.05) is 10.8 Å². The van der Waals surface area contributed by atoms with Crippen molar-refractivity contribution in [2.24, 2.45) is 0 Å². The Labute approximate surface area is 65.8 Å². The molecule has 0 saturated heterocycles. The van der Waals surface area contributed by atoms with E-state index in [-0.39, 0.29) is 0 Å². The van der Waals surface area contributed by atoms with Gasteiger partial charge in [0.25, 0.3) is 0 Å². The van der Waals surface area contributed by atoms with Gasteiger partial charge in [-0.3, -0.25) is 0 Å². The molecule has 0 aliphatic rings. The maximum absolute atomic E-state index is 3.61. The van der Waals surface area contributed by atoms with E-state index in [2.05, 4.69) is 13.2 Å². The van der Waals surface area contributed by atoms with Crippen molar-refractivity contribution in [3.05, 3.63) is 24.0 Å². The summed E-state index contributed by atoms with van der Waals surface area (Å²) < 4.78 is 0. The van der Waals surface area contributed by atoms with Gasteiger partial charge in [-0.2, -0.15) is 0 Å². The van der Waals surface area contributed by atoms with Crippen LogP contribution in [0, 0.1) is 0 Å². The highest BCUT2D eigenvalue weighted by Gasteiger charge is 1.83. The first-order valence-electron chi connectivity index (χ1n) is 2.87. The lowest BCUT2D eigenvalue weighted by Gasteiger charge is -1.92. The molecule has 2 heteroatoms. The lowest BCUT2D eigenvalue weighted by Crippen LogP contribution is -1.78. The zero-order chi connectivity index (χ0) is 6.95. The van der Waals surface area contributed by atoms with E-state index in [1.54, 1.807) is 23.5 Å². The van der Waals surface area contributed by atoms with Crippen molar-refractivity contribution >= 4 is 23.5 Å². The highest BCUT2D eigenvalue weighted by Crippen LogP contribution is 2.07. The van der Waals surface area contributed by atoms with Gasteiger partial charge in [0.2, 0.25) is 0 Å². The summed E-state index contributed by atoms with van der Waals surface area (Å²) in [6, 6.07) is 0. The molecule has 9 heavy (non-hydrogen) atoms. The van der Waals surface area contributed by atoms with Crippen LogP contribution >= 0.6 is 23.5 Å². The summed E-state index contributed by atoms with van der Waals surface area (Å²) in [4.78, 5) is 0. The molecule has 0 rings (SSSR count). The summed E-state index contributed by atoms with van der Waals surface area (Å²) >= 11 is 3.55. The van der Waals surface area contributed by atoms with Crippen LogP contribution in [-0.4, -0.2) is 11.5 Å². The highest BCUT2D eigenvalue weighted by atomic mass is 32.2. The van der Waals surface area contributed by atoms with Gasteiger partial charge in [0, 0.05) is 0 Å². The lowest BCUT2D eigenvalue weighted by molar-refractivity contribution is 1.13. The van der Waals surface area contributed by atoms with E-state index in [1.165, 1.54) is 17.9 Å². The van der Waals surface area contributed by atoms with Crippen LogP contribution in [0.25, 0.3) is 0 Å². The molecule has 0 N–H and O–H groups in total. The molecule has 0 aromatic rings. The summed E-state index contributed by atoms with van der Waals surface area (Å²) in [5.74, 6) is 2.37. The molecule has 0 aliphatic carbocycles. The molecular weight excluding hydrogens is 148 g/mol. The van der Waals surface area contributed by atoms with Gasteiger partial charge in [0.1, 0.15) is 0 Å². The third-order valence-electron chi connectivity index (χ3n) is 0.760. The fraction of sp³-hybridized carbons (Fsp3) is 0.429. The maximum Gasteiger partial charge on any atom is -0.00182 e. The van der Waals surface area contributed by atoms with Crippen molar-refractivity contribution in [2.75, 3.05) is 11.5 Å². The van der Waals surface area contributed by atoms with E-state index in [0.717, 1.165) is 0 Å². The molecule has 0 bridgehead atoms. The second kappa shape index (κ2) is 8.18.